The Morgan fingerprint density at radius 1 is 1.05 bits per heavy atom. The van der Waals surface area contributed by atoms with Gasteiger partial charge in [-0.1, -0.05) is 17.7 Å². The van der Waals surface area contributed by atoms with Gasteiger partial charge >= 0.3 is 7.12 Å². The van der Waals surface area contributed by atoms with E-state index in [0.29, 0.717) is 17.8 Å². The topological polar surface area (TPSA) is 58.9 Å². The van der Waals surface area contributed by atoms with Crippen molar-refractivity contribution >= 4 is 12.6 Å². The minimum Gasteiger partial charge on any atom is -0.496 e. The fourth-order valence-electron chi connectivity index (χ4n) is 2.21. The maximum absolute atomic E-state index is 9.20. The van der Waals surface area contributed by atoms with Crippen LogP contribution in [-0.4, -0.2) is 24.3 Å². The highest BCUT2D eigenvalue weighted by molar-refractivity contribution is 6.59. The first kappa shape index (κ1) is 15.4. The van der Waals surface area contributed by atoms with Crippen molar-refractivity contribution in [1.29, 1.82) is 0 Å². The molecule has 0 bridgehead atoms. The minimum absolute atomic E-state index is 0.394. The third-order valence-electron chi connectivity index (χ3n) is 3.35. The largest absolute Gasteiger partial charge is 0.496 e. The van der Waals surface area contributed by atoms with E-state index >= 15 is 0 Å². The highest BCUT2D eigenvalue weighted by atomic mass is 16.5. The van der Waals surface area contributed by atoms with Gasteiger partial charge in [0.05, 0.1) is 7.11 Å². The third-order valence-corrected chi connectivity index (χ3v) is 3.35. The highest BCUT2D eigenvalue weighted by Gasteiger charge is 2.14. The lowest BCUT2D eigenvalue weighted by Crippen LogP contribution is -2.31. The Kier molecular flexibility index (Phi) is 4.88. The smallest absolute Gasteiger partial charge is 0.488 e. The van der Waals surface area contributed by atoms with Crippen LogP contribution in [0, 0.1) is 13.8 Å². The summed E-state index contributed by atoms with van der Waals surface area (Å²) < 4.78 is 11.1. The van der Waals surface area contributed by atoms with Crippen LogP contribution in [0.15, 0.2) is 36.4 Å². The maximum Gasteiger partial charge on any atom is 0.488 e. The molecular weight excluding hydrogens is 267 g/mol. The Morgan fingerprint density at radius 2 is 1.81 bits per heavy atom. The van der Waals surface area contributed by atoms with Crippen LogP contribution in [0.5, 0.6) is 11.5 Å². The molecule has 0 aliphatic carbocycles. The van der Waals surface area contributed by atoms with Gasteiger partial charge in [0.1, 0.15) is 18.1 Å². The second-order valence-corrected chi connectivity index (χ2v) is 5.00. The zero-order valence-electron chi connectivity index (χ0n) is 12.5. The predicted molar refractivity (Wildman–Crippen MR) is 83.1 cm³/mol. The fraction of sp³-hybridized carbons (Fsp3) is 0.250. The summed E-state index contributed by atoms with van der Waals surface area (Å²) in [5.41, 5.74) is 3.37. The van der Waals surface area contributed by atoms with E-state index in [1.54, 1.807) is 25.3 Å². The van der Waals surface area contributed by atoms with E-state index in [1.807, 2.05) is 32.0 Å². The van der Waals surface area contributed by atoms with Crippen LogP contribution in [0.4, 0.5) is 0 Å². The quantitative estimate of drug-likeness (QED) is 0.819. The van der Waals surface area contributed by atoms with Gasteiger partial charge in [-0.05, 0) is 49.1 Å². The van der Waals surface area contributed by atoms with Crippen molar-refractivity contribution in [1.82, 2.24) is 0 Å². The van der Waals surface area contributed by atoms with Gasteiger partial charge in [0.25, 0.3) is 0 Å². The standard InChI is InChI=1S/C16H19BO4/c1-11-4-7-16(20-3)13(8-11)10-21-14-5-6-15(17(18)19)12(2)9-14/h4-9,18-19H,10H2,1-3H3. The van der Waals surface area contributed by atoms with Crippen LogP contribution in [0.1, 0.15) is 16.7 Å². The van der Waals surface area contributed by atoms with Crippen LogP contribution in [0.3, 0.4) is 0 Å². The van der Waals surface area contributed by atoms with E-state index < -0.39 is 7.12 Å². The van der Waals surface area contributed by atoms with Gasteiger partial charge in [0, 0.05) is 5.56 Å². The molecule has 0 saturated heterocycles. The lowest BCUT2D eigenvalue weighted by atomic mass is 9.77. The number of aryl methyl sites for hydroxylation is 2. The van der Waals surface area contributed by atoms with Gasteiger partial charge in [0.15, 0.2) is 0 Å². The summed E-state index contributed by atoms with van der Waals surface area (Å²) >= 11 is 0. The Labute approximate surface area is 125 Å². The SMILES string of the molecule is COc1ccc(C)cc1COc1ccc(B(O)O)c(C)c1. The van der Waals surface area contributed by atoms with E-state index in [9.17, 15) is 10.0 Å². The first-order chi connectivity index (χ1) is 10.0. The summed E-state index contributed by atoms with van der Waals surface area (Å²) in [4.78, 5) is 0. The van der Waals surface area contributed by atoms with Crippen molar-refractivity contribution < 1.29 is 19.5 Å². The van der Waals surface area contributed by atoms with Gasteiger partial charge in [-0.25, -0.2) is 0 Å². The molecule has 0 saturated carbocycles. The molecule has 0 unspecified atom stereocenters. The van der Waals surface area contributed by atoms with Crippen LogP contribution in [0.2, 0.25) is 0 Å². The molecule has 0 radical (unpaired) electrons. The number of hydrogen-bond donors (Lipinski definition) is 2. The zero-order valence-corrected chi connectivity index (χ0v) is 12.5. The normalized spacial score (nSPS) is 10.3. The van der Waals surface area contributed by atoms with E-state index in [4.69, 9.17) is 9.47 Å². The molecule has 2 N–H and O–H groups in total. The molecular formula is C16H19BO4. The van der Waals surface area contributed by atoms with Gasteiger partial charge in [-0.2, -0.15) is 0 Å². The Bertz CT molecular complexity index is 626. The number of methoxy groups -OCH3 is 1. The third kappa shape index (κ3) is 3.77. The monoisotopic (exact) mass is 286 g/mol. The Hall–Kier alpha value is -1.98. The zero-order chi connectivity index (χ0) is 15.4. The van der Waals surface area contributed by atoms with Crippen molar-refractivity contribution in [3.05, 3.63) is 53.1 Å². The number of benzene rings is 2. The molecule has 110 valence electrons. The van der Waals surface area contributed by atoms with Crippen molar-refractivity contribution in [3.63, 3.8) is 0 Å². The summed E-state index contributed by atoms with van der Waals surface area (Å²) in [6.07, 6.45) is 0. The van der Waals surface area contributed by atoms with Crippen LogP contribution in [-0.2, 0) is 6.61 Å². The predicted octanol–water partition coefficient (Wildman–Crippen LogP) is 1.57. The summed E-state index contributed by atoms with van der Waals surface area (Å²) in [5, 5.41) is 18.4. The minimum atomic E-state index is -1.46. The van der Waals surface area contributed by atoms with Crippen LogP contribution < -0.4 is 14.9 Å². The molecule has 0 spiro atoms. The molecule has 21 heavy (non-hydrogen) atoms. The van der Waals surface area contributed by atoms with Gasteiger partial charge in [-0.15, -0.1) is 0 Å². The average Bonchev–Trinajstić information content (AvgIpc) is 2.45. The summed E-state index contributed by atoms with van der Waals surface area (Å²) in [5.74, 6) is 1.47. The number of hydrogen-bond acceptors (Lipinski definition) is 4. The molecule has 2 aromatic rings. The first-order valence-corrected chi connectivity index (χ1v) is 6.74. The summed E-state index contributed by atoms with van der Waals surface area (Å²) in [6.45, 7) is 4.23. The van der Waals surface area contributed by atoms with Gasteiger partial charge in [0.2, 0.25) is 0 Å². The van der Waals surface area contributed by atoms with Crippen molar-refractivity contribution in [2.45, 2.75) is 20.5 Å². The van der Waals surface area contributed by atoms with Crippen molar-refractivity contribution in [2.75, 3.05) is 7.11 Å². The molecule has 0 atom stereocenters. The molecule has 2 aromatic carbocycles. The first-order valence-electron chi connectivity index (χ1n) is 6.74. The lowest BCUT2D eigenvalue weighted by molar-refractivity contribution is 0.296. The molecule has 5 heteroatoms. The second kappa shape index (κ2) is 6.65. The molecule has 0 heterocycles. The summed E-state index contributed by atoms with van der Waals surface area (Å²) in [7, 11) is 0.173. The average molecular weight is 286 g/mol. The van der Waals surface area contributed by atoms with Crippen LogP contribution >= 0.6 is 0 Å². The molecule has 4 nitrogen and oxygen atoms in total. The van der Waals surface area contributed by atoms with Gasteiger partial charge < -0.3 is 19.5 Å². The Morgan fingerprint density at radius 3 is 2.43 bits per heavy atom. The number of rotatable bonds is 5. The van der Waals surface area contributed by atoms with E-state index in [2.05, 4.69) is 0 Å². The van der Waals surface area contributed by atoms with Gasteiger partial charge in [-0.3, -0.25) is 0 Å². The second-order valence-electron chi connectivity index (χ2n) is 5.00. The van der Waals surface area contributed by atoms with Crippen molar-refractivity contribution in [3.8, 4) is 11.5 Å². The maximum atomic E-state index is 9.20. The molecule has 0 aromatic heterocycles. The van der Waals surface area contributed by atoms with E-state index in [-0.39, 0.29) is 0 Å². The Balaban J connectivity index is 2.13. The van der Waals surface area contributed by atoms with E-state index in [0.717, 1.165) is 22.4 Å². The lowest BCUT2D eigenvalue weighted by Gasteiger charge is -2.12. The highest BCUT2D eigenvalue weighted by Crippen LogP contribution is 2.22. The van der Waals surface area contributed by atoms with Crippen LogP contribution in [0.25, 0.3) is 0 Å². The van der Waals surface area contributed by atoms with E-state index in [1.165, 1.54) is 0 Å². The molecule has 0 aliphatic rings. The van der Waals surface area contributed by atoms with Crippen molar-refractivity contribution in [2.24, 2.45) is 0 Å². The molecule has 0 fully saturated rings. The molecule has 0 amide bonds. The number of ether oxygens (including phenoxy) is 2. The summed E-state index contributed by atoms with van der Waals surface area (Å²) in [6, 6.07) is 11.1. The molecule has 0 aliphatic heterocycles. The molecule has 2 rings (SSSR count). The fourth-order valence-corrected chi connectivity index (χ4v) is 2.21.